The van der Waals surface area contributed by atoms with Crippen LogP contribution in [0.4, 0.5) is 0 Å². The normalized spacial score (nSPS) is 12.0. The first-order valence-electron chi connectivity index (χ1n) is 30.9. The van der Waals surface area contributed by atoms with Crippen LogP contribution in [0.15, 0.2) is 99.1 Å². The number of unbranched alkanes of at least 4 members (excludes halogenated alkanes) is 8. The van der Waals surface area contributed by atoms with Gasteiger partial charge in [0.05, 0.1) is 0 Å². The van der Waals surface area contributed by atoms with E-state index in [1.165, 1.54) is 44.5 Å². The molecular weight excluding hydrogens is 1070 g/mol. The average Bonchev–Trinajstić information content (AvgIpc) is 3.70. The number of carbonyl (C=O) groups is 4. The second-order valence-corrected chi connectivity index (χ2v) is 22.0. The largest absolute Gasteiger partial charge is 0.479 e. The molecule has 0 saturated heterocycles. The summed E-state index contributed by atoms with van der Waals surface area (Å²) in [5, 5.41) is 74.4. The molecular formula is C73H108O12. The molecule has 0 heterocycles. The molecule has 0 spiro atoms. The predicted molar refractivity (Wildman–Crippen MR) is 352 cm³/mol. The number of carboxylic acid groups (broad SMARTS) is 4. The first-order chi connectivity index (χ1) is 40.0. The van der Waals surface area contributed by atoms with E-state index in [0.717, 1.165) is 176 Å². The monoisotopic (exact) mass is 1180 g/mol. The van der Waals surface area contributed by atoms with E-state index in [0.29, 0.717) is 0 Å². The fourth-order valence-electron chi connectivity index (χ4n) is 9.22. The van der Waals surface area contributed by atoms with Crippen molar-refractivity contribution in [3.05, 3.63) is 166 Å². The van der Waals surface area contributed by atoms with E-state index in [1.54, 1.807) is 0 Å². The number of benzene rings is 4. The van der Waals surface area contributed by atoms with E-state index in [9.17, 15) is 39.6 Å². The number of hydrogen-bond donors (Lipinski definition) is 8. The molecule has 12 heteroatoms. The van der Waals surface area contributed by atoms with Gasteiger partial charge in [0.25, 0.3) is 0 Å². The number of aliphatic hydroxyl groups excluding tert-OH is 4. The lowest BCUT2D eigenvalue weighted by Gasteiger charge is -2.14. The first kappa shape index (κ1) is 78.6. The quantitative estimate of drug-likeness (QED) is 0.0213. The zero-order valence-electron chi connectivity index (χ0n) is 52.2. The maximum Gasteiger partial charge on any atom is 0.337 e. The minimum absolute atomic E-state index is 0. The van der Waals surface area contributed by atoms with Crippen LogP contribution in [-0.4, -0.2) is 89.1 Å². The van der Waals surface area contributed by atoms with Gasteiger partial charge in [0.1, 0.15) is 0 Å². The van der Waals surface area contributed by atoms with E-state index < -0.39 is 48.3 Å². The molecule has 85 heavy (non-hydrogen) atoms. The van der Waals surface area contributed by atoms with Crippen LogP contribution in [0.3, 0.4) is 0 Å². The molecule has 472 valence electrons. The van der Waals surface area contributed by atoms with Gasteiger partial charge >= 0.3 is 23.9 Å². The molecule has 0 radical (unpaired) electrons. The van der Waals surface area contributed by atoms with Crippen LogP contribution >= 0.6 is 0 Å². The highest BCUT2D eigenvalue weighted by molar-refractivity contribution is 5.91. The average molecular weight is 1180 g/mol. The molecule has 0 aliphatic carbocycles. The van der Waals surface area contributed by atoms with Crippen LogP contribution in [0.1, 0.15) is 232 Å². The highest BCUT2D eigenvalue weighted by Crippen LogP contribution is 2.27. The van der Waals surface area contributed by atoms with Gasteiger partial charge < -0.3 is 40.9 Å². The number of aliphatic hydroxyl groups is 4. The second-order valence-electron chi connectivity index (χ2n) is 22.0. The Labute approximate surface area is 511 Å². The van der Waals surface area contributed by atoms with Gasteiger partial charge in [-0.05, 0) is 192 Å². The van der Waals surface area contributed by atoms with Crippen LogP contribution in [0.25, 0.3) is 22.3 Å². The number of rotatable bonds is 36. The molecule has 4 aromatic rings. The Morgan fingerprint density at radius 1 is 0.282 bits per heavy atom. The van der Waals surface area contributed by atoms with Gasteiger partial charge in [-0.15, -0.1) is 0 Å². The van der Waals surface area contributed by atoms with Gasteiger partial charge in [0.15, 0.2) is 24.4 Å². The topological polar surface area (TPSA) is 230 Å². The maximum absolute atomic E-state index is 10.9. The number of aryl methyl sites for hydroxylation is 8. The van der Waals surface area contributed by atoms with E-state index in [4.69, 9.17) is 20.4 Å². The lowest BCUT2D eigenvalue weighted by Crippen LogP contribution is -2.20. The number of carboxylic acids is 4. The molecule has 4 atom stereocenters. The van der Waals surface area contributed by atoms with Crippen molar-refractivity contribution in [2.45, 2.75) is 241 Å². The molecule has 0 fully saturated rings. The van der Waals surface area contributed by atoms with Crippen molar-refractivity contribution in [2.24, 2.45) is 0 Å². The molecule has 0 amide bonds. The Morgan fingerprint density at radius 3 is 0.494 bits per heavy atom. The van der Waals surface area contributed by atoms with Crippen LogP contribution < -0.4 is 0 Å². The molecule has 12 nitrogen and oxygen atoms in total. The Hall–Kier alpha value is -6.44. The van der Waals surface area contributed by atoms with Crippen molar-refractivity contribution >= 4 is 46.2 Å². The van der Waals surface area contributed by atoms with E-state index in [1.807, 2.05) is 48.5 Å². The Morgan fingerprint density at radius 2 is 0.400 bits per heavy atom. The standard InChI is InChI=1S/4C18H26O3.CH4/c4*1-4-6-8-14-10-15(9-7-5-2)12-16(11-14)13(3)17(19)18(20)21;/h4*10-12,17,19H,3-9H2,1-2H3,(H,20,21);1H4/t4*17-;/m1111./s1. The summed E-state index contributed by atoms with van der Waals surface area (Å²) < 4.78 is 0. The van der Waals surface area contributed by atoms with Gasteiger partial charge in [0, 0.05) is 0 Å². The predicted octanol–water partition coefficient (Wildman–Crippen LogP) is 16.0. The van der Waals surface area contributed by atoms with Gasteiger partial charge in [-0.25, -0.2) is 19.2 Å². The third-order valence-electron chi connectivity index (χ3n) is 14.5. The third kappa shape index (κ3) is 30.0. The van der Waals surface area contributed by atoms with Gasteiger partial charge in [-0.3, -0.25) is 0 Å². The highest BCUT2D eigenvalue weighted by Gasteiger charge is 2.23. The zero-order valence-corrected chi connectivity index (χ0v) is 52.2. The smallest absolute Gasteiger partial charge is 0.337 e. The van der Waals surface area contributed by atoms with Crippen molar-refractivity contribution in [1.29, 1.82) is 0 Å². The summed E-state index contributed by atoms with van der Waals surface area (Å²) in [6.45, 7) is 32.2. The van der Waals surface area contributed by atoms with Gasteiger partial charge in [-0.1, -0.05) is 213 Å². The molecule has 0 aliphatic rings. The van der Waals surface area contributed by atoms with Crippen LogP contribution in [0, 0.1) is 0 Å². The Balaban J connectivity index is 0.00000110. The van der Waals surface area contributed by atoms with Crippen molar-refractivity contribution < 1.29 is 60.0 Å². The van der Waals surface area contributed by atoms with Crippen molar-refractivity contribution in [1.82, 2.24) is 0 Å². The summed E-state index contributed by atoms with van der Waals surface area (Å²) in [4.78, 5) is 43.7. The van der Waals surface area contributed by atoms with E-state index in [2.05, 4.69) is 106 Å². The maximum atomic E-state index is 10.9. The Bertz CT molecular complexity index is 2230. The summed E-state index contributed by atoms with van der Waals surface area (Å²) in [5.74, 6) is -5.02. The fraction of sp³-hybridized carbons (Fsp3) is 0.507. The van der Waals surface area contributed by atoms with E-state index >= 15 is 0 Å². The van der Waals surface area contributed by atoms with Gasteiger partial charge in [-0.2, -0.15) is 0 Å². The molecule has 0 bridgehead atoms. The Kier molecular flexibility index (Phi) is 40.7. The minimum Gasteiger partial charge on any atom is -0.479 e. The summed E-state index contributed by atoms with van der Waals surface area (Å²) in [6.07, 6.45) is 19.4. The van der Waals surface area contributed by atoms with Gasteiger partial charge in [0.2, 0.25) is 0 Å². The summed E-state index contributed by atoms with van der Waals surface area (Å²) >= 11 is 0. The molecule has 4 aromatic carbocycles. The third-order valence-corrected chi connectivity index (χ3v) is 14.5. The fourth-order valence-corrected chi connectivity index (χ4v) is 9.22. The summed E-state index contributed by atoms with van der Waals surface area (Å²) in [5.41, 5.74) is 13.6. The molecule has 0 aromatic heterocycles. The lowest BCUT2D eigenvalue weighted by atomic mass is 9.94. The number of aliphatic carboxylic acids is 4. The lowest BCUT2D eigenvalue weighted by molar-refractivity contribution is -0.144. The first-order valence-corrected chi connectivity index (χ1v) is 30.9. The summed E-state index contributed by atoms with van der Waals surface area (Å²) in [7, 11) is 0. The molecule has 0 aliphatic heterocycles. The second kappa shape index (κ2) is 44.1. The van der Waals surface area contributed by atoms with Crippen LogP contribution in [-0.2, 0) is 70.5 Å². The zero-order chi connectivity index (χ0) is 63.3. The minimum atomic E-state index is -1.54. The van der Waals surface area contributed by atoms with E-state index in [-0.39, 0.29) is 29.7 Å². The molecule has 4 rings (SSSR count). The summed E-state index contributed by atoms with van der Waals surface area (Å²) in [6, 6.07) is 24.4. The number of hydrogen-bond acceptors (Lipinski definition) is 8. The highest BCUT2D eigenvalue weighted by atomic mass is 16.4. The van der Waals surface area contributed by atoms with Crippen molar-refractivity contribution in [3.8, 4) is 0 Å². The van der Waals surface area contributed by atoms with Crippen molar-refractivity contribution in [2.75, 3.05) is 0 Å². The molecule has 0 unspecified atom stereocenters. The van der Waals surface area contributed by atoms with Crippen LogP contribution in [0.5, 0.6) is 0 Å². The SMILES string of the molecule is C.C=C(c1cc(CCCC)cc(CCCC)c1)[C@@H](O)C(=O)O.C=C(c1cc(CCCC)cc(CCCC)c1)[C@@H](O)C(=O)O.C=C(c1cc(CCCC)cc(CCCC)c1)[C@@H](O)C(=O)O.C=C(c1cc(CCCC)cc(CCCC)c1)[C@@H](O)C(=O)O. The van der Waals surface area contributed by atoms with Crippen molar-refractivity contribution in [3.63, 3.8) is 0 Å². The molecule has 8 N–H and O–H groups in total. The molecule has 0 saturated carbocycles. The van der Waals surface area contributed by atoms with Crippen LogP contribution in [0.2, 0.25) is 0 Å².